The highest BCUT2D eigenvalue weighted by molar-refractivity contribution is 6.45. The fourth-order valence-corrected chi connectivity index (χ4v) is 4.26. The number of aliphatic carboxylic acids is 1. The quantitative estimate of drug-likeness (QED) is 0.262. The Labute approximate surface area is 209 Å². The van der Waals surface area contributed by atoms with Crippen molar-refractivity contribution in [1.82, 2.24) is 9.88 Å². The van der Waals surface area contributed by atoms with Crippen molar-refractivity contribution in [2.45, 2.75) is 46.2 Å². The van der Waals surface area contributed by atoms with E-state index in [0.29, 0.717) is 36.0 Å². The molecule has 2 aromatic carbocycles. The van der Waals surface area contributed by atoms with Gasteiger partial charge in [-0.3, -0.25) is 14.4 Å². The van der Waals surface area contributed by atoms with Crippen LogP contribution in [0.4, 0.5) is 0 Å². The second-order valence-corrected chi connectivity index (χ2v) is 8.65. The van der Waals surface area contributed by atoms with Crippen LogP contribution in [0.15, 0.2) is 48.5 Å². The molecule has 9 nitrogen and oxygen atoms in total. The Morgan fingerprint density at radius 1 is 1.06 bits per heavy atom. The standard InChI is InChI=1S/C27H31N3O6/c1-4-16(3)24(27(34)35)29-21(31)15-36-20-13-9-12-19-22(20)23(25(32)26(28)33)18(5-2)30(19)14-17-10-7-6-8-11-17/h6-13,16,24H,4-5,14-15H2,1-3H3,(H2,28,33)(H,29,31)(H,34,35)/t16-,24-/m0/s1. The van der Waals surface area contributed by atoms with Crippen LogP contribution in [0.2, 0.25) is 0 Å². The number of primary amides is 1. The number of nitrogens with two attached hydrogens (primary N) is 1. The number of ketones is 1. The van der Waals surface area contributed by atoms with E-state index in [2.05, 4.69) is 5.32 Å². The zero-order chi connectivity index (χ0) is 26.4. The van der Waals surface area contributed by atoms with Crippen LogP contribution in [0.1, 0.15) is 48.8 Å². The summed E-state index contributed by atoms with van der Waals surface area (Å²) in [4.78, 5) is 49.0. The topological polar surface area (TPSA) is 141 Å². The smallest absolute Gasteiger partial charge is 0.326 e. The number of hydrogen-bond donors (Lipinski definition) is 3. The minimum absolute atomic E-state index is 0.148. The number of carboxylic acid groups (broad SMARTS) is 1. The summed E-state index contributed by atoms with van der Waals surface area (Å²) in [5.41, 5.74) is 7.81. The first-order valence-electron chi connectivity index (χ1n) is 11.9. The van der Waals surface area contributed by atoms with Crippen molar-refractivity contribution in [1.29, 1.82) is 0 Å². The second-order valence-electron chi connectivity index (χ2n) is 8.65. The summed E-state index contributed by atoms with van der Waals surface area (Å²) in [6.07, 6.45) is 1.02. The van der Waals surface area contributed by atoms with Crippen LogP contribution >= 0.6 is 0 Å². The Hall–Kier alpha value is -4.14. The molecule has 1 heterocycles. The molecule has 0 spiro atoms. The Balaban J connectivity index is 2.02. The van der Waals surface area contributed by atoms with E-state index < -0.39 is 36.2 Å². The van der Waals surface area contributed by atoms with E-state index in [9.17, 15) is 24.3 Å². The number of fused-ring (bicyclic) bond motifs is 1. The molecule has 0 aliphatic rings. The summed E-state index contributed by atoms with van der Waals surface area (Å²) >= 11 is 0. The van der Waals surface area contributed by atoms with Gasteiger partial charge in [-0.15, -0.1) is 0 Å². The third-order valence-corrected chi connectivity index (χ3v) is 6.28. The largest absolute Gasteiger partial charge is 0.483 e. The number of benzene rings is 2. The number of amides is 2. The molecule has 0 bridgehead atoms. The van der Waals surface area contributed by atoms with E-state index in [0.717, 1.165) is 5.56 Å². The van der Waals surface area contributed by atoms with Gasteiger partial charge in [0.1, 0.15) is 11.8 Å². The van der Waals surface area contributed by atoms with Crippen LogP contribution in [-0.2, 0) is 27.3 Å². The maximum atomic E-state index is 12.9. The zero-order valence-electron chi connectivity index (χ0n) is 20.6. The van der Waals surface area contributed by atoms with Gasteiger partial charge >= 0.3 is 5.97 Å². The van der Waals surface area contributed by atoms with Crippen molar-refractivity contribution in [2.24, 2.45) is 11.7 Å². The van der Waals surface area contributed by atoms with Gasteiger partial charge in [-0.05, 0) is 30.0 Å². The van der Waals surface area contributed by atoms with E-state index in [4.69, 9.17) is 10.5 Å². The van der Waals surface area contributed by atoms with Crippen molar-refractivity contribution in [2.75, 3.05) is 6.61 Å². The molecular formula is C27H31N3O6. The summed E-state index contributed by atoms with van der Waals surface area (Å²) in [7, 11) is 0. The van der Waals surface area contributed by atoms with E-state index in [-0.39, 0.29) is 17.2 Å². The lowest BCUT2D eigenvalue weighted by molar-refractivity contribution is -0.143. The first kappa shape index (κ1) is 26.5. The van der Waals surface area contributed by atoms with Crippen LogP contribution in [0.5, 0.6) is 5.75 Å². The Bertz CT molecular complexity index is 1280. The molecule has 2 amide bonds. The average molecular weight is 494 g/mol. The summed E-state index contributed by atoms with van der Waals surface area (Å²) in [5.74, 6) is -3.71. The SMILES string of the molecule is CCc1c(C(=O)C(N)=O)c2c(OCC(=O)N[C@H](C(=O)O)[C@@H](C)CC)cccc2n1Cc1ccccc1. The highest BCUT2D eigenvalue weighted by Gasteiger charge is 2.28. The van der Waals surface area contributed by atoms with Crippen LogP contribution in [0.3, 0.4) is 0 Å². The molecule has 0 saturated carbocycles. The molecule has 0 aliphatic carbocycles. The van der Waals surface area contributed by atoms with Gasteiger partial charge in [0.15, 0.2) is 6.61 Å². The van der Waals surface area contributed by atoms with Gasteiger partial charge in [-0.1, -0.05) is 63.6 Å². The number of carbonyl (C=O) groups is 4. The Kier molecular flexibility index (Phi) is 8.47. The molecular weight excluding hydrogens is 462 g/mol. The molecule has 36 heavy (non-hydrogen) atoms. The van der Waals surface area contributed by atoms with E-state index >= 15 is 0 Å². The van der Waals surface area contributed by atoms with Crippen molar-refractivity contribution in [3.63, 3.8) is 0 Å². The molecule has 0 saturated heterocycles. The van der Waals surface area contributed by atoms with Gasteiger partial charge in [-0.2, -0.15) is 0 Å². The van der Waals surface area contributed by atoms with Crippen LogP contribution in [0, 0.1) is 5.92 Å². The average Bonchev–Trinajstić information content (AvgIpc) is 3.18. The minimum Gasteiger partial charge on any atom is -0.483 e. The molecule has 1 aromatic heterocycles. The molecule has 190 valence electrons. The minimum atomic E-state index is -1.13. The van der Waals surface area contributed by atoms with Crippen molar-refractivity contribution in [3.05, 3.63) is 65.4 Å². The number of carboxylic acids is 1. The highest BCUT2D eigenvalue weighted by atomic mass is 16.5. The number of nitrogens with zero attached hydrogens (tertiary/aromatic N) is 1. The first-order valence-corrected chi connectivity index (χ1v) is 11.9. The predicted octanol–water partition coefficient (Wildman–Crippen LogP) is 2.91. The van der Waals surface area contributed by atoms with Gasteiger partial charge in [0.25, 0.3) is 17.6 Å². The number of hydrogen-bond acceptors (Lipinski definition) is 5. The summed E-state index contributed by atoms with van der Waals surface area (Å²) in [6.45, 7) is 5.44. The lowest BCUT2D eigenvalue weighted by Gasteiger charge is -2.20. The normalized spacial score (nSPS) is 12.6. The Morgan fingerprint density at radius 3 is 2.33 bits per heavy atom. The molecule has 4 N–H and O–H groups in total. The third kappa shape index (κ3) is 5.56. The fraction of sp³-hybridized carbons (Fsp3) is 0.333. The second kappa shape index (κ2) is 11.5. The number of carbonyl (C=O) groups excluding carboxylic acids is 3. The first-order chi connectivity index (χ1) is 17.2. The number of aromatic nitrogens is 1. The number of ether oxygens (including phenoxy) is 1. The molecule has 0 unspecified atom stereocenters. The predicted molar refractivity (Wildman–Crippen MR) is 135 cm³/mol. The lowest BCUT2D eigenvalue weighted by Crippen LogP contribution is -2.46. The van der Waals surface area contributed by atoms with E-state index in [1.807, 2.05) is 54.8 Å². The fourth-order valence-electron chi connectivity index (χ4n) is 4.26. The number of nitrogens with one attached hydrogen (secondary N) is 1. The number of Topliss-reactive ketones (excluding diaryl/α,β-unsaturated/α-hetero) is 1. The van der Waals surface area contributed by atoms with Crippen molar-refractivity contribution < 1.29 is 29.0 Å². The maximum Gasteiger partial charge on any atom is 0.326 e. The summed E-state index contributed by atoms with van der Waals surface area (Å²) in [5, 5.41) is 12.3. The summed E-state index contributed by atoms with van der Waals surface area (Å²) in [6, 6.07) is 13.8. The Morgan fingerprint density at radius 2 is 1.75 bits per heavy atom. The van der Waals surface area contributed by atoms with Crippen LogP contribution in [-0.4, -0.2) is 45.9 Å². The van der Waals surface area contributed by atoms with Gasteiger partial charge in [-0.25, -0.2) is 4.79 Å². The summed E-state index contributed by atoms with van der Waals surface area (Å²) < 4.78 is 7.73. The van der Waals surface area contributed by atoms with Gasteiger partial charge in [0, 0.05) is 12.2 Å². The lowest BCUT2D eigenvalue weighted by atomic mass is 9.99. The zero-order valence-corrected chi connectivity index (χ0v) is 20.6. The van der Waals surface area contributed by atoms with Gasteiger partial charge < -0.3 is 25.5 Å². The van der Waals surface area contributed by atoms with Gasteiger partial charge in [0.05, 0.1) is 16.5 Å². The van der Waals surface area contributed by atoms with E-state index in [1.165, 1.54) is 0 Å². The molecule has 2 atom stereocenters. The van der Waals surface area contributed by atoms with Crippen molar-refractivity contribution in [3.8, 4) is 5.75 Å². The molecule has 0 fully saturated rings. The molecule has 9 heteroatoms. The molecule has 3 aromatic rings. The van der Waals surface area contributed by atoms with Gasteiger partial charge in [0.2, 0.25) is 0 Å². The number of rotatable bonds is 12. The monoisotopic (exact) mass is 493 g/mol. The van der Waals surface area contributed by atoms with Crippen LogP contribution in [0.25, 0.3) is 10.9 Å². The molecule has 3 rings (SSSR count). The maximum absolute atomic E-state index is 12.9. The van der Waals surface area contributed by atoms with Crippen molar-refractivity contribution >= 4 is 34.5 Å². The van der Waals surface area contributed by atoms with Crippen LogP contribution < -0.4 is 15.8 Å². The highest BCUT2D eigenvalue weighted by Crippen LogP contribution is 2.35. The molecule has 0 radical (unpaired) electrons. The third-order valence-electron chi connectivity index (χ3n) is 6.28. The molecule has 0 aliphatic heterocycles. The van der Waals surface area contributed by atoms with E-state index in [1.54, 1.807) is 19.1 Å².